The third kappa shape index (κ3) is 4.05. The van der Waals surface area contributed by atoms with E-state index in [1.54, 1.807) is 25.2 Å². The predicted octanol–water partition coefficient (Wildman–Crippen LogP) is 3.65. The highest BCUT2D eigenvalue weighted by Crippen LogP contribution is 2.55. The molecular weight excluding hydrogens is 538 g/mol. The van der Waals surface area contributed by atoms with E-state index in [1.807, 2.05) is 22.8 Å². The number of fused-ring (bicyclic) bond motifs is 5. The van der Waals surface area contributed by atoms with Crippen molar-refractivity contribution in [2.45, 2.75) is 69.4 Å². The zero-order valence-electron chi connectivity index (χ0n) is 23.9. The van der Waals surface area contributed by atoms with Crippen molar-refractivity contribution in [1.29, 1.82) is 5.26 Å². The third-order valence-corrected chi connectivity index (χ3v) is 9.96. The van der Waals surface area contributed by atoms with Gasteiger partial charge in [-0.3, -0.25) is 0 Å². The van der Waals surface area contributed by atoms with Crippen molar-refractivity contribution in [2.75, 3.05) is 44.4 Å². The van der Waals surface area contributed by atoms with Crippen LogP contribution in [0, 0.1) is 11.3 Å². The second-order valence-corrected chi connectivity index (χ2v) is 13.8. The van der Waals surface area contributed by atoms with Crippen molar-refractivity contribution in [1.82, 2.24) is 29.8 Å². The molecule has 214 valence electrons. The molecule has 4 aromatic rings. The van der Waals surface area contributed by atoms with Gasteiger partial charge in [0.1, 0.15) is 16.9 Å². The molecule has 12 heteroatoms. The number of anilines is 2. The van der Waals surface area contributed by atoms with Gasteiger partial charge in [-0.15, -0.1) is 11.3 Å². The van der Waals surface area contributed by atoms with E-state index < -0.39 is 11.0 Å². The molecule has 1 unspecified atom stereocenters. The fourth-order valence-corrected chi connectivity index (χ4v) is 8.43. The topological polar surface area (TPSA) is 146 Å². The molecule has 3 aliphatic rings. The quantitative estimate of drug-likeness (QED) is 0.363. The fourth-order valence-electron chi connectivity index (χ4n) is 7.27. The number of nitrogens with two attached hydrogens (primary N) is 1. The molecule has 1 atom stereocenters. The first-order chi connectivity index (χ1) is 19.6. The Morgan fingerprint density at radius 1 is 1.27 bits per heavy atom. The summed E-state index contributed by atoms with van der Waals surface area (Å²) in [6, 6.07) is 2.62. The maximum Gasteiger partial charge on any atom is 0.186 e. The summed E-state index contributed by atoms with van der Waals surface area (Å²) >= 11 is 1.54. The van der Waals surface area contributed by atoms with Crippen LogP contribution in [-0.2, 0) is 18.3 Å². The number of likely N-dealkylation sites (tertiary alicyclic amines) is 1. The minimum Gasteiger partial charge on any atom is -0.389 e. The highest BCUT2D eigenvalue weighted by molar-refractivity contribution is 7.16. The third-order valence-electron chi connectivity index (χ3n) is 8.88. The first kappa shape index (κ1) is 26.4. The fraction of sp³-hybridized carbons (Fsp3) is 0.552. The molecule has 2 aliphatic carbocycles. The van der Waals surface area contributed by atoms with Gasteiger partial charge in [0, 0.05) is 37.1 Å². The van der Waals surface area contributed by atoms with Crippen molar-refractivity contribution in [2.24, 2.45) is 0 Å². The number of nitriles is 1. The first-order valence-electron chi connectivity index (χ1n) is 14.3. The summed E-state index contributed by atoms with van der Waals surface area (Å²) in [7, 11) is 4.03. The molecule has 1 fully saturated rings. The molecular formula is C29H35N9O2S. The molecule has 1 aliphatic heterocycles. The number of aromatic nitrogens is 5. The van der Waals surface area contributed by atoms with Crippen LogP contribution in [0.5, 0.6) is 0 Å². The Hall–Kier alpha value is -3.53. The van der Waals surface area contributed by atoms with Gasteiger partial charge in [0.2, 0.25) is 0 Å². The number of nitrogen functional groups attached to an aromatic ring is 1. The van der Waals surface area contributed by atoms with E-state index in [-0.39, 0.29) is 6.04 Å². The van der Waals surface area contributed by atoms with Gasteiger partial charge in [-0.2, -0.15) is 10.4 Å². The van der Waals surface area contributed by atoms with E-state index >= 15 is 0 Å². The Morgan fingerprint density at radius 3 is 2.73 bits per heavy atom. The van der Waals surface area contributed by atoms with Crippen LogP contribution in [0.2, 0.25) is 0 Å². The highest BCUT2D eigenvalue weighted by Gasteiger charge is 2.49. The molecule has 0 radical (unpaired) electrons. The maximum absolute atomic E-state index is 10.6. The van der Waals surface area contributed by atoms with Gasteiger partial charge in [-0.25, -0.2) is 14.6 Å². The highest BCUT2D eigenvalue weighted by atomic mass is 32.1. The number of nitrogens with zero attached hydrogens (tertiary/aromatic N) is 8. The lowest BCUT2D eigenvalue weighted by Gasteiger charge is -2.39. The van der Waals surface area contributed by atoms with Gasteiger partial charge < -0.3 is 25.2 Å². The number of aryl methyl sites for hydroxylation is 1. The molecule has 4 aromatic heterocycles. The molecule has 5 heterocycles. The largest absolute Gasteiger partial charge is 0.389 e. The molecule has 1 spiro atoms. The molecule has 3 N–H and O–H groups in total. The summed E-state index contributed by atoms with van der Waals surface area (Å²) in [5, 5.41) is 31.4. The van der Waals surface area contributed by atoms with Crippen molar-refractivity contribution in [3.63, 3.8) is 0 Å². The molecule has 7 rings (SSSR count). The summed E-state index contributed by atoms with van der Waals surface area (Å²) < 4.78 is 8.24. The first-order valence-corrected chi connectivity index (χ1v) is 15.1. The van der Waals surface area contributed by atoms with Crippen LogP contribution in [0.25, 0.3) is 22.6 Å². The average Bonchev–Trinajstić information content (AvgIpc) is 3.61. The Balaban J connectivity index is 1.40. The van der Waals surface area contributed by atoms with E-state index in [9.17, 15) is 10.4 Å². The standard InChI is InChI=1S/C29H35N9O2S/c1-28(2,39)15-37(4)26-19-12-32-38(16-13-36(3)14-16)27(19)34-25(33-26)22-17-7-5-9-29(23(17)40-35-22)10-6-8-20-21(29)18(11-30)24(31)41-20/h12,16,39H,5-10,13-15,31H2,1-4H3. The lowest BCUT2D eigenvalue weighted by molar-refractivity contribution is 0.0885. The van der Waals surface area contributed by atoms with Crippen LogP contribution in [0.1, 0.15) is 72.9 Å². The van der Waals surface area contributed by atoms with E-state index in [0.29, 0.717) is 34.4 Å². The van der Waals surface area contributed by atoms with Crippen molar-refractivity contribution in [3.05, 3.63) is 33.5 Å². The second kappa shape index (κ2) is 9.24. The molecule has 0 aromatic carbocycles. The van der Waals surface area contributed by atoms with Crippen molar-refractivity contribution >= 4 is 33.2 Å². The zero-order valence-corrected chi connectivity index (χ0v) is 24.8. The number of thiophene rings is 1. The number of hydrogen-bond acceptors (Lipinski definition) is 11. The summed E-state index contributed by atoms with van der Waals surface area (Å²) in [5.74, 6) is 2.02. The Labute approximate surface area is 242 Å². The Bertz CT molecular complexity index is 1700. The smallest absolute Gasteiger partial charge is 0.186 e. The predicted molar refractivity (Wildman–Crippen MR) is 157 cm³/mol. The minimum atomic E-state index is -0.919. The van der Waals surface area contributed by atoms with Crippen LogP contribution in [0.4, 0.5) is 10.8 Å². The van der Waals surface area contributed by atoms with E-state index in [4.69, 9.17) is 25.3 Å². The van der Waals surface area contributed by atoms with Gasteiger partial charge in [0.05, 0.1) is 34.2 Å². The van der Waals surface area contributed by atoms with E-state index in [0.717, 1.165) is 79.5 Å². The molecule has 1 saturated heterocycles. The molecule has 41 heavy (non-hydrogen) atoms. The van der Waals surface area contributed by atoms with Gasteiger partial charge in [-0.05, 0) is 65.0 Å². The summed E-state index contributed by atoms with van der Waals surface area (Å²) in [5.41, 5.74) is 9.06. The molecule has 11 nitrogen and oxygen atoms in total. The Kier molecular flexibility index (Phi) is 5.94. The maximum atomic E-state index is 10.6. The lowest BCUT2D eigenvalue weighted by atomic mass is 9.63. The van der Waals surface area contributed by atoms with E-state index in [2.05, 4.69) is 23.2 Å². The number of rotatable bonds is 5. The SMILES string of the molecule is CN1CC(n2ncc3c(N(C)CC(C)(C)O)nc(-c4noc5c4CCCC54CCCc5sc(N)c(C#N)c54)nc32)C1. The lowest BCUT2D eigenvalue weighted by Crippen LogP contribution is -2.45. The summed E-state index contributed by atoms with van der Waals surface area (Å²) in [6.45, 7) is 5.76. The van der Waals surface area contributed by atoms with Gasteiger partial charge >= 0.3 is 0 Å². The van der Waals surface area contributed by atoms with Crippen LogP contribution in [0.3, 0.4) is 0 Å². The van der Waals surface area contributed by atoms with Gasteiger partial charge in [0.15, 0.2) is 22.9 Å². The summed E-state index contributed by atoms with van der Waals surface area (Å²) in [6.07, 6.45) is 7.31. The molecule has 0 saturated carbocycles. The molecule has 0 amide bonds. The number of hydrogen-bond donors (Lipinski definition) is 2. The normalized spacial score (nSPS) is 21.1. The van der Waals surface area contributed by atoms with Gasteiger partial charge in [0.25, 0.3) is 0 Å². The zero-order chi connectivity index (χ0) is 28.7. The molecule has 0 bridgehead atoms. The average molecular weight is 574 g/mol. The second-order valence-electron chi connectivity index (χ2n) is 12.6. The van der Waals surface area contributed by atoms with Crippen molar-refractivity contribution in [3.8, 4) is 17.6 Å². The summed E-state index contributed by atoms with van der Waals surface area (Å²) in [4.78, 5) is 15.5. The van der Waals surface area contributed by atoms with Crippen LogP contribution < -0.4 is 10.6 Å². The van der Waals surface area contributed by atoms with Gasteiger partial charge in [-0.1, -0.05) is 5.16 Å². The monoisotopic (exact) mass is 573 g/mol. The Morgan fingerprint density at radius 2 is 2.02 bits per heavy atom. The van der Waals surface area contributed by atoms with Crippen LogP contribution in [0.15, 0.2) is 10.7 Å². The minimum absolute atomic E-state index is 0.233. The van der Waals surface area contributed by atoms with Crippen molar-refractivity contribution < 1.29 is 9.63 Å². The number of likely N-dealkylation sites (N-methyl/N-ethyl adjacent to an activating group) is 2. The van der Waals surface area contributed by atoms with E-state index in [1.165, 1.54) is 4.88 Å². The number of aliphatic hydroxyl groups is 1. The van der Waals surface area contributed by atoms with Crippen LogP contribution >= 0.6 is 11.3 Å². The van der Waals surface area contributed by atoms with Crippen LogP contribution in [-0.4, -0.2) is 74.2 Å².